The fraction of sp³-hybridized carbons (Fsp3) is 0.594. The Morgan fingerprint density at radius 2 is 1.11 bits per heavy atom. The molecule has 0 N–H and O–H groups in total. The van der Waals surface area contributed by atoms with Crippen molar-refractivity contribution >= 4 is 11.6 Å². The summed E-state index contributed by atoms with van der Waals surface area (Å²) < 4.78 is 15.5. The minimum absolute atomic E-state index is 0.0139. The Kier molecular flexibility index (Phi) is 24.7. The molecule has 0 atom stereocenters. The van der Waals surface area contributed by atoms with Gasteiger partial charge >= 0.3 is 0 Å². The van der Waals surface area contributed by atoms with Crippen LogP contribution in [0.25, 0.3) is 20.8 Å². The number of hydrogen-bond donors (Lipinski definition) is 0. The van der Waals surface area contributed by atoms with Crippen LogP contribution in [0.1, 0.15) is 85.6 Å². The molecule has 2 rings (SSSR count). The van der Waals surface area contributed by atoms with Gasteiger partial charge in [0, 0.05) is 0 Å². The SMILES string of the molecule is CCCCOc1c(OCCCC)c(=O)c1=O.CCN(CC)CC.[C-]#[N+]C(=C=[N-])c1c(OCCCC)c(=O)c1=O.[C-]#[N+]CC#N. The summed E-state index contributed by atoms with van der Waals surface area (Å²) in [6.45, 7) is 30.1. The topological polar surface area (TPSA) is 154 Å². The molecule has 0 aliphatic rings. The van der Waals surface area contributed by atoms with Crippen molar-refractivity contribution in [2.45, 2.75) is 80.1 Å². The number of nitrogens with zero attached hydrogens (tertiary/aromatic N) is 5. The Hall–Kier alpha value is -4.56. The van der Waals surface area contributed by atoms with Gasteiger partial charge in [-0.1, -0.05) is 60.8 Å². The zero-order valence-corrected chi connectivity index (χ0v) is 26.8. The molecule has 240 valence electrons. The standard InChI is InChI=1S/C12H18O4.C11H9N2O3.C6H15N.C3H2N2/c1-3-5-7-15-11-9(13)10(14)12(11)16-8-6-4-2;1-3-4-5-16-11-8(7(6-12)13-2)9(14)10(11)15;1-4-7(5-2)6-3;1-5-3-2-4/h3-8H2,1-2H3;3-5H2,1H3;4-6H2,1-3H3;3H2/q;-1;;. The first-order valence-electron chi connectivity index (χ1n) is 14.8. The third-order valence-electron chi connectivity index (χ3n) is 5.87. The average Bonchev–Trinajstić information content (AvgIpc) is 3.05. The maximum atomic E-state index is 11.2. The lowest BCUT2D eigenvalue weighted by Crippen LogP contribution is -2.36. The van der Waals surface area contributed by atoms with Crippen LogP contribution in [-0.2, 0) is 0 Å². The van der Waals surface area contributed by atoms with Crippen LogP contribution in [0.5, 0.6) is 17.2 Å². The van der Waals surface area contributed by atoms with Crippen molar-refractivity contribution in [1.29, 1.82) is 5.26 Å². The number of unbranched alkanes of at least 4 members (excludes halogenated alkanes) is 3. The molecule has 0 spiro atoms. The van der Waals surface area contributed by atoms with Crippen LogP contribution in [0.15, 0.2) is 19.2 Å². The summed E-state index contributed by atoms with van der Waals surface area (Å²) in [7, 11) is 0. The van der Waals surface area contributed by atoms with Crippen molar-refractivity contribution in [3.8, 4) is 23.3 Å². The molecule has 0 unspecified atom stereocenters. The van der Waals surface area contributed by atoms with E-state index in [0.29, 0.717) is 19.8 Å². The minimum atomic E-state index is -0.806. The lowest BCUT2D eigenvalue weighted by molar-refractivity contribution is 0.250. The molecule has 44 heavy (non-hydrogen) atoms. The summed E-state index contributed by atoms with van der Waals surface area (Å²) in [6, 6.07) is 1.66. The fourth-order valence-corrected chi connectivity index (χ4v) is 3.13. The van der Waals surface area contributed by atoms with Gasteiger partial charge in [-0.2, -0.15) is 5.26 Å². The van der Waals surface area contributed by atoms with Crippen LogP contribution in [0.3, 0.4) is 0 Å². The fourth-order valence-electron chi connectivity index (χ4n) is 3.13. The van der Waals surface area contributed by atoms with Gasteiger partial charge < -0.3 is 29.4 Å². The second-order valence-electron chi connectivity index (χ2n) is 8.95. The molecule has 0 heterocycles. The van der Waals surface area contributed by atoms with E-state index >= 15 is 0 Å². The molecule has 0 saturated heterocycles. The summed E-state index contributed by atoms with van der Waals surface area (Å²) in [4.78, 5) is 52.7. The molecule has 0 aromatic heterocycles. The maximum absolute atomic E-state index is 11.2. The molecule has 0 radical (unpaired) electrons. The Morgan fingerprint density at radius 1 is 0.727 bits per heavy atom. The van der Waals surface area contributed by atoms with Gasteiger partial charge in [-0.3, -0.25) is 25.0 Å². The zero-order valence-electron chi connectivity index (χ0n) is 26.8. The van der Waals surface area contributed by atoms with Crippen molar-refractivity contribution in [3.05, 3.63) is 74.7 Å². The molecule has 12 heteroatoms. The molecule has 0 fully saturated rings. The highest BCUT2D eigenvalue weighted by molar-refractivity contribution is 5.97. The Labute approximate surface area is 260 Å². The first kappa shape index (κ1) is 41.6. The molecule has 0 saturated carbocycles. The van der Waals surface area contributed by atoms with Crippen LogP contribution in [0.2, 0.25) is 0 Å². The Bertz CT molecular complexity index is 1360. The number of rotatable bonds is 16. The lowest BCUT2D eigenvalue weighted by Gasteiger charge is -2.13. The molecular formula is C32H44N5O7-. The third kappa shape index (κ3) is 14.6. The molecule has 0 bridgehead atoms. The van der Waals surface area contributed by atoms with E-state index in [2.05, 4.69) is 35.4 Å². The second-order valence-corrected chi connectivity index (χ2v) is 8.95. The van der Waals surface area contributed by atoms with Crippen molar-refractivity contribution in [2.75, 3.05) is 46.0 Å². The number of hydrogen-bond acceptors (Lipinski definition) is 9. The van der Waals surface area contributed by atoms with Crippen LogP contribution < -0.4 is 35.9 Å². The van der Waals surface area contributed by atoms with E-state index in [9.17, 15) is 19.2 Å². The van der Waals surface area contributed by atoms with Gasteiger partial charge in [0.1, 0.15) is 6.07 Å². The summed E-state index contributed by atoms with van der Waals surface area (Å²) in [5, 5.41) is 16.2. The number of nitriles is 1. The summed E-state index contributed by atoms with van der Waals surface area (Å²) in [6.07, 6.45) is 5.35. The molecule has 2 aromatic carbocycles. The van der Waals surface area contributed by atoms with E-state index in [0.717, 1.165) is 38.5 Å². The summed E-state index contributed by atoms with van der Waals surface area (Å²) in [5.74, 6) is 1.68. The third-order valence-corrected chi connectivity index (χ3v) is 5.87. The molecular weight excluding hydrogens is 566 g/mol. The molecule has 0 aliphatic carbocycles. The van der Waals surface area contributed by atoms with E-state index in [1.54, 1.807) is 11.9 Å². The van der Waals surface area contributed by atoms with Crippen molar-refractivity contribution < 1.29 is 14.2 Å². The van der Waals surface area contributed by atoms with E-state index in [4.69, 9.17) is 38.0 Å². The highest BCUT2D eigenvalue weighted by Crippen LogP contribution is 2.21. The molecule has 0 amide bonds. The monoisotopic (exact) mass is 610 g/mol. The zero-order chi connectivity index (χ0) is 33.9. The van der Waals surface area contributed by atoms with Gasteiger partial charge in [0.25, 0.3) is 22.8 Å². The first-order chi connectivity index (χ1) is 21.1. The summed E-state index contributed by atoms with van der Waals surface area (Å²) >= 11 is 0. The minimum Gasteiger partial charge on any atom is -0.775 e. The van der Waals surface area contributed by atoms with Gasteiger partial charge in [0.2, 0.25) is 22.6 Å². The van der Waals surface area contributed by atoms with Gasteiger partial charge in [0.15, 0.2) is 5.75 Å². The molecule has 0 aliphatic heterocycles. The van der Waals surface area contributed by atoms with Crippen LogP contribution in [-0.4, -0.2) is 56.8 Å². The quantitative estimate of drug-likeness (QED) is 0.0885. The second kappa shape index (κ2) is 26.1. The average molecular weight is 611 g/mol. The van der Waals surface area contributed by atoms with E-state index in [1.807, 2.05) is 20.8 Å². The lowest BCUT2D eigenvalue weighted by atomic mass is 10.1. The van der Waals surface area contributed by atoms with Crippen LogP contribution in [0, 0.1) is 24.5 Å². The van der Waals surface area contributed by atoms with Crippen molar-refractivity contribution in [2.24, 2.45) is 0 Å². The number of ether oxygens (including phenoxy) is 3. The summed E-state index contributed by atoms with van der Waals surface area (Å²) in [5.41, 5.74) is -3.21. The van der Waals surface area contributed by atoms with Crippen LogP contribution in [0.4, 0.5) is 0 Å². The molecule has 12 nitrogen and oxygen atoms in total. The predicted octanol–water partition coefficient (Wildman–Crippen LogP) is 4.38. The maximum Gasteiger partial charge on any atom is 0.298 e. The van der Waals surface area contributed by atoms with Gasteiger partial charge in [0.05, 0.1) is 32.0 Å². The van der Waals surface area contributed by atoms with E-state index < -0.39 is 21.7 Å². The highest BCUT2D eigenvalue weighted by atomic mass is 16.5. The van der Waals surface area contributed by atoms with Crippen LogP contribution >= 0.6 is 0 Å². The Morgan fingerprint density at radius 3 is 1.36 bits per heavy atom. The molecule has 2 aromatic rings. The van der Waals surface area contributed by atoms with Gasteiger partial charge in [-0.25, -0.2) is 11.4 Å². The van der Waals surface area contributed by atoms with E-state index in [-0.39, 0.29) is 35.1 Å². The van der Waals surface area contributed by atoms with Gasteiger partial charge in [-0.05, 0) is 38.9 Å². The highest BCUT2D eigenvalue weighted by Gasteiger charge is 2.25. The predicted molar refractivity (Wildman–Crippen MR) is 173 cm³/mol. The van der Waals surface area contributed by atoms with Gasteiger partial charge in [-0.15, -0.1) is 0 Å². The smallest absolute Gasteiger partial charge is 0.298 e. The van der Waals surface area contributed by atoms with Crippen molar-refractivity contribution in [3.63, 3.8) is 0 Å². The normalized spacial score (nSPS) is 9.45. The Balaban J connectivity index is 0. The van der Waals surface area contributed by atoms with Crippen molar-refractivity contribution in [1.82, 2.24) is 4.90 Å². The first-order valence-corrected chi connectivity index (χ1v) is 14.8. The largest absolute Gasteiger partial charge is 0.775 e. The van der Waals surface area contributed by atoms with E-state index in [1.165, 1.54) is 19.6 Å².